The highest BCUT2D eigenvalue weighted by molar-refractivity contribution is 7.89. The van der Waals surface area contributed by atoms with Crippen molar-refractivity contribution in [1.82, 2.24) is 10.0 Å². The summed E-state index contributed by atoms with van der Waals surface area (Å²) in [7, 11) is -3.79. The van der Waals surface area contributed by atoms with Crippen molar-refractivity contribution in [3.05, 3.63) is 23.3 Å². The fraction of sp³-hybridized carbons (Fsp3) is 0.462. The van der Waals surface area contributed by atoms with Crippen LogP contribution in [0, 0.1) is 13.8 Å². The van der Waals surface area contributed by atoms with E-state index in [-0.39, 0.29) is 29.1 Å². The van der Waals surface area contributed by atoms with Crippen LogP contribution in [-0.4, -0.2) is 26.9 Å². The molecule has 0 aromatic heterocycles. The molecule has 0 radical (unpaired) electrons. The Hall–Kier alpha value is -1.60. The van der Waals surface area contributed by atoms with E-state index >= 15 is 0 Å². The summed E-state index contributed by atoms with van der Waals surface area (Å²) in [5, 5.41) is 2.72. The smallest absolute Gasteiger partial charge is 0.243 e. The standard InChI is InChI=1S/C13H19N3O3S/c1-8-3-6-11(14)13(9(8)2)20(18,19)15-7-12(17)16-10-4-5-10/h3,6,10,15H,4-5,7,14H2,1-2H3,(H,16,17). The van der Waals surface area contributed by atoms with Gasteiger partial charge in [-0.1, -0.05) is 6.07 Å². The first-order chi connectivity index (χ1) is 9.31. The van der Waals surface area contributed by atoms with Crippen molar-refractivity contribution in [3.63, 3.8) is 0 Å². The van der Waals surface area contributed by atoms with Gasteiger partial charge in [-0.3, -0.25) is 4.79 Å². The first-order valence-electron chi connectivity index (χ1n) is 6.46. The molecule has 6 nitrogen and oxygen atoms in total. The molecule has 1 aromatic carbocycles. The Balaban J connectivity index is 2.13. The number of nitrogens with one attached hydrogen (secondary N) is 2. The van der Waals surface area contributed by atoms with Crippen molar-refractivity contribution in [2.75, 3.05) is 12.3 Å². The zero-order chi connectivity index (χ0) is 14.9. The van der Waals surface area contributed by atoms with Crippen LogP contribution in [0.1, 0.15) is 24.0 Å². The Morgan fingerprint density at radius 1 is 1.35 bits per heavy atom. The third-order valence-electron chi connectivity index (χ3n) is 3.34. The Labute approximate surface area is 118 Å². The van der Waals surface area contributed by atoms with Crippen LogP contribution in [0.15, 0.2) is 17.0 Å². The lowest BCUT2D eigenvalue weighted by molar-refractivity contribution is -0.120. The summed E-state index contributed by atoms with van der Waals surface area (Å²) >= 11 is 0. The molecule has 0 saturated heterocycles. The van der Waals surface area contributed by atoms with Crippen molar-refractivity contribution >= 4 is 21.6 Å². The molecule has 1 saturated carbocycles. The van der Waals surface area contributed by atoms with E-state index in [1.54, 1.807) is 19.1 Å². The molecule has 2 rings (SSSR count). The van der Waals surface area contributed by atoms with Crippen LogP contribution in [0.4, 0.5) is 5.69 Å². The van der Waals surface area contributed by atoms with E-state index in [1.165, 1.54) is 0 Å². The number of sulfonamides is 1. The SMILES string of the molecule is Cc1ccc(N)c(S(=O)(=O)NCC(=O)NC2CC2)c1C. The third kappa shape index (κ3) is 3.29. The van der Waals surface area contributed by atoms with Gasteiger partial charge in [0.15, 0.2) is 0 Å². The highest BCUT2D eigenvalue weighted by Crippen LogP contribution is 2.25. The summed E-state index contributed by atoms with van der Waals surface area (Å²) < 4.78 is 26.8. The van der Waals surface area contributed by atoms with Gasteiger partial charge in [-0.05, 0) is 43.9 Å². The number of anilines is 1. The summed E-state index contributed by atoms with van der Waals surface area (Å²) in [4.78, 5) is 11.6. The average Bonchev–Trinajstić information content (AvgIpc) is 3.16. The Bertz CT molecular complexity index is 637. The maximum atomic E-state index is 12.3. The molecule has 0 atom stereocenters. The van der Waals surface area contributed by atoms with Gasteiger partial charge in [-0.25, -0.2) is 13.1 Å². The fourth-order valence-corrected chi connectivity index (χ4v) is 3.31. The lowest BCUT2D eigenvalue weighted by Gasteiger charge is -2.13. The topological polar surface area (TPSA) is 101 Å². The molecule has 1 aromatic rings. The zero-order valence-electron chi connectivity index (χ0n) is 11.6. The maximum absolute atomic E-state index is 12.3. The van der Waals surface area contributed by atoms with E-state index < -0.39 is 10.0 Å². The number of carbonyl (C=O) groups is 1. The lowest BCUT2D eigenvalue weighted by Crippen LogP contribution is -2.38. The van der Waals surface area contributed by atoms with Crippen molar-refractivity contribution in [1.29, 1.82) is 0 Å². The molecule has 1 aliphatic carbocycles. The van der Waals surface area contributed by atoms with Gasteiger partial charge in [0.25, 0.3) is 0 Å². The van der Waals surface area contributed by atoms with Gasteiger partial charge < -0.3 is 11.1 Å². The number of nitrogens with two attached hydrogens (primary N) is 1. The van der Waals surface area contributed by atoms with Crippen LogP contribution in [0.2, 0.25) is 0 Å². The second-order valence-corrected chi connectivity index (χ2v) is 6.80. The Kier molecular flexibility index (Phi) is 4.01. The molecule has 1 fully saturated rings. The van der Waals surface area contributed by atoms with Gasteiger partial charge in [0.05, 0.1) is 12.2 Å². The molecule has 7 heteroatoms. The number of hydrogen-bond donors (Lipinski definition) is 3. The van der Waals surface area contributed by atoms with Gasteiger partial charge >= 0.3 is 0 Å². The average molecular weight is 297 g/mol. The van der Waals surface area contributed by atoms with E-state index in [0.717, 1.165) is 18.4 Å². The number of rotatable bonds is 5. The quantitative estimate of drug-likeness (QED) is 0.686. The van der Waals surface area contributed by atoms with Crippen LogP contribution in [0.25, 0.3) is 0 Å². The largest absolute Gasteiger partial charge is 0.398 e. The second kappa shape index (κ2) is 5.41. The highest BCUT2D eigenvalue weighted by atomic mass is 32.2. The predicted octanol–water partition coefficient (Wildman–Crippen LogP) is 0.443. The van der Waals surface area contributed by atoms with E-state index in [9.17, 15) is 13.2 Å². The summed E-state index contributed by atoms with van der Waals surface area (Å²) in [6.45, 7) is 3.24. The van der Waals surface area contributed by atoms with Crippen molar-refractivity contribution in [2.24, 2.45) is 0 Å². The van der Waals surface area contributed by atoms with Gasteiger partial charge in [-0.2, -0.15) is 0 Å². The number of aryl methyl sites for hydroxylation is 1. The van der Waals surface area contributed by atoms with Gasteiger partial charge in [0.2, 0.25) is 15.9 Å². The second-order valence-electron chi connectivity index (χ2n) is 5.09. The molecule has 1 amide bonds. The minimum atomic E-state index is -3.79. The fourth-order valence-electron chi connectivity index (χ4n) is 1.91. The van der Waals surface area contributed by atoms with E-state index in [2.05, 4.69) is 10.0 Å². The van der Waals surface area contributed by atoms with Gasteiger partial charge in [0.1, 0.15) is 4.90 Å². The van der Waals surface area contributed by atoms with E-state index in [4.69, 9.17) is 5.73 Å². The molecule has 20 heavy (non-hydrogen) atoms. The monoisotopic (exact) mass is 297 g/mol. The molecule has 0 aliphatic heterocycles. The van der Waals surface area contributed by atoms with Crippen molar-refractivity contribution < 1.29 is 13.2 Å². The first-order valence-corrected chi connectivity index (χ1v) is 7.94. The number of nitrogen functional groups attached to an aromatic ring is 1. The molecule has 0 heterocycles. The van der Waals surface area contributed by atoms with Gasteiger partial charge in [0, 0.05) is 6.04 Å². The Morgan fingerprint density at radius 3 is 2.60 bits per heavy atom. The minimum Gasteiger partial charge on any atom is -0.398 e. The molecule has 0 spiro atoms. The molecular weight excluding hydrogens is 278 g/mol. The van der Waals surface area contributed by atoms with E-state index in [0.29, 0.717) is 5.56 Å². The molecule has 4 N–H and O–H groups in total. The number of benzene rings is 1. The Morgan fingerprint density at radius 2 is 2.00 bits per heavy atom. The van der Waals surface area contributed by atoms with Crippen LogP contribution < -0.4 is 15.8 Å². The highest BCUT2D eigenvalue weighted by Gasteiger charge is 2.25. The van der Waals surface area contributed by atoms with Crippen molar-refractivity contribution in [3.8, 4) is 0 Å². The summed E-state index contributed by atoms with van der Waals surface area (Å²) in [5.74, 6) is -0.319. The van der Waals surface area contributed by atoms with Crippen LogP contribution >= 0.6 is 0 Å². The maximum Gasteiger partial charge on any atom is 0.243 e. The van der Waals surface area contributed by atoms with Gasteiger partial charge in [-0.15, -0.1) is 0 Å². The number of amides is 1. The zero-order valence-corrected chi connectivity index (χ0v) is 12.4. The normalized spacial score (nSPS) is 15.1. The summed E-state index contributed by atoms with van der Waals surface area (Å²) in [6.07, 6.45) is 1.92. The van der Waals surface area contributed by atoms with Crippen LogP contribution in [-0.2, 0) is 14.8 Å². The minimum absolute atomic E-state index is 0.0525. The van der Waals surface area contributed by atoms with Crippen molar-refractivity contribution in [2.45, 2.75) is 37.6 Å². The molecule has 0 bridgehead atoms. The number of carbonyl (C=O) groups excluding carboxylic acids is 1. The van der Waals surface area contributed by atoms with Crippen LogP contribution in [0.3, 0.4) is 0 Å². The summed E-state index contributed by atoms with van der Waals surface area (Å²) in [5.41, 5.74) is 7.37. The summed E-state index contributed by atoms with van der Waals surface area (Å²) in [6, 6.07) is 3.53. The number of hydrogen-bond acceptors (Lipinski definition) is 4. The molecule has 1 aliphatic rings. The molecular formula is C13H19N3O3S. The predicted molar refractivity (Wildman–Crippen MR) is 76.7 cm³/mol. The molecule has 0 unspecified atom stereocenters. The third-order valence-corrected chi connectivity index (χ3v) is 4.94. The lowest BCUT2D eigenvalue weighted by atomic mass is 10.1. The molecule has 110 valence electrons. The van der Waals surface area contributed by atoms with Crippen LogP contribution in [0.5, 0.6) is 0 Å². The first kappa shape index (κ1) is 14.8. The van der Waals surface area contributed by atoms with E-state index in [1.807, 2.05) is 6.92 Å².